The molecule has 7 heteroatoms. The highest BCUT2D eigenvalue weighted by molar-refractivity contribution is 6.30. The van der Waals surface area contributed by atoms with Crippen LogP contribution < -0.4 is 11.1 Å². The maximum absolute atomic E-state index is 12.2. The molecule has 1 aromatic carbocycles. The standard InChI is InChI=1S/C14H16ClN5O/c15-9-4-3-7-11(8-9)20-13(16)12(18-19-20)14(21)17-10-5-1-2-6-10/h3-4,7-8,10H,1-2,5-6,16H2,(H,17,21). The van der Waals surface area contributed by atoms with Gasteiger partial charge in [0.2, 0.25) is 0 Å². The molecule has 0 aliphatic heterocycles. The highest BCUT2D eigenvalue weighted by Crippen LogP contribution is 2.20. The smallest absolute Gasteiger partial charge is 0.275 e. The van der Waals surface area contributed by atoms with Gasteiger partial charge in [0, 0.05) is 11.1 Å². The summed E-state index contributed by atoms with van der Waals surface area (Å²) in [5.41, 5.74) is 6.82. The number of nitrogens with zero attached hydrogens (tertiary/aromatic N) is 3. The van der Waals surface area contributed by atoms with Crippen LogP contribution in [0, 0.1) is 0 Å². The molecule has 1 aromatic heterocycles. The molecule has 1 heterocycles. The highest BCUT2D eigenvalue weighted by Gasteiger charge is 2.23. The summed E-state index contributed by atoms with van der Waals surface area (Å²) in [5.74, 6) is -0.0551. The number of carbonyl (C=O) groups excluding carboxylic acids is 1. The molecule has 1 amide bonds. The van der Waals surface area contributed by atoms with E-state index in [9.17, 15) is 4.79 Å². The van der Waals surface area contributed by atoms with Crippen molar-refractivity contribution in [3.8, 4) is 5.69 Å². The lowest BCUT2D eigenvalue weighted by atomic mass is 10.2. The van der Waals surface area contributed by atoms with Gasteiger partial charge < -0.3 is 11.1 Å². The van der Waals surface area contributed by atoms with Gasteiger partial charge in [0.05, 0.1) is 5.69 Å². The summed E-state index contributed by atoms with van der Waals surface area (Å²) < 4.78 is 1.41. The molecule has 6 nitrogen and oxygen atoms in total. The first-order chi connectivity index (χ1) is 10.1. The third kappa shape index (κ3) is 2.85. The Balaban J connectivity index is 1.83. The number of carbonyl (C=O) groups is 1. The summed E-state index contributed by atoms with van der Waals surface area (Å²) in [6, 6.07) is 7.28. The Morgan fingerprint density at radius 3 is 2.86 bits per heavy atom. The van der Waals surface area contributed by atoms with E-state index >= 15 is 0 Å². The average Bonchev–Trinajstić information content (AvgIpc) is 3.08. The zero-order valence-corrected chi connectivity index (χ0v) is 12.2. The number of amides is 1. The van der Waals surface area contributed by atoms with Crippen LogP contribution in [0.2, 0.25) is 5.02 Å². The lowest BCUT2D eigenvalue weighted by Gasteiger charge is -2.10. The van der Waals surface area contributed by atoms with Crippen LogP contribution in [0.15, 0.2) is 24.3 Å². The van der Waals surface area contributed by atoms with Crippen molar-refractivity contribution in [3.05, 3.63) is 35.0 Å². The Kier molecular flexibility index (Phi) is 3.79. The zero-order chi connectivity index (χ0) is 14.8. The molecule has 1 aliphatic carbocycles. The first-order valence-electron chi connectivity index (χ1n) is 6.93. The van der Waals surface area contributed by atoms with Crippen molar-refractivity contribution in [1.82, 2.24) is 20.3 Å². The fourth-order valence-electron chi connectivity index (χ4n) is 2.57. The van der Waals surface area contributed by atoms with Crippen LogP contribution in [0.5, 0.6) is 0 Å². The zero-order valence-electron chi connectivity index (χ0n) is 11.4. The molecule has 3 N–H and O–H groups in total. The van der Waals surface area contributed by atoms with Crippen molar-refractivity contribution in [2.75, 3.05) is 5.73 Å². The molecule has 21 heavy (non-hydrogen) atoms. The molecule has 0 atom stereocenters. The van der Waals surface area contributed by atoms with E-state index in [2.05, 4.69) is 15.6 Å². The lowest BCUT2D eigenvalue weighted by Crippen LogP contribution is -2.33. The van der Waals surface area contributed by atoms with E-state index in [1.807, 2.05) is 0 Å². The Bertz CT molecular complexity index is 663. The quantitative estimate of drug-likeness (QED) is 0.910. The first kappa shape index (κ1) is 13.9. The van der Waals surface area contributed by atoms with Gasteiger partial charge in [-0.3, -0.25) is 4.79 Å². The molecule has 0 radical (unpaired) electrons. The number of nitrogen functional groups attached to an aromatic ring is 1. The number of halogens is 1. The maximum atomic E-state index is 12.2. The Morgan fingerprint density at radius 1 is 1.38 bits per heavy atom. The summed E-state index contributed by atoms with van der Waals surface area (Å²) in [6.07, 6.45) is 4.31. The molecule has 1 saturated carbocycles. The number of hydrogen-bond acceptors (Lipinski definition) is 4. The van der Waals surface area contributed by atoms with Gasteiger partial charge in [-0.05, 0) is 31.0 Å². The number of hydrogen-bond donors (Lipinski definition) is 2. The van der Waals surface area contributed by atoms with Crippen LogP contribution >= 0.6 is 11.6 Å². The number of nitrogens with one attached hydrogen (secondary N) is 1. The molecule has 0 spiro atoms. The molecule has 2 aromatic rings. The van der Waals surface area contributed by atoms with Crippen LogP contribution in [0.1, 0.15) is 36.2 Å². The van der Waals surface area contributed by atoms with E-state index in [0.717, 1.165) is 25.7 Å². The number of rotatable bonds is 3. The number of anilines is 1. The molecule has 3 rings (SSSR count). The van der Waals surface area contributed by atoms with Gasteiger partial charge in [-0.25, -0.2) is 0 Å². The van der Waals surface area contributed by atoms with Gasteiger partial charge in [0.25, 0.3) is 5.91 Å². The average molecular weight is 306 g/mol. The molecular weight excluding hydrogens is 290 g/mol. The second-order valence-corrected chi connectivity index (χ2v) is 5.61. The number of benzene rings is 1. The monoisotopic (exact) mass is 305 g/mol. The van der Waals surface area contributed by atoms with Crippen molar-refractivity contribution >= 4 is 23.3 Å². The topological polar surface area (TPSA) is 85.8 Å². The summed E-state index contributed by atoms with van der Waals surface area (Å²) >= 11 is 5.95. The van der Waals surface area contributed by atoms with E-state index in [1.54, 1.807) is 24.3 Å². The predicted octanol–water partition coefficient (Wildman–Crippen LogP) is 2.18. The van der Waals surface area contributed by atoms with Gasteiger partial charge in [0.1, 0.15) is 0 Å². The SMILES string of the molecule is Nc1c(C(=O)NC2CCCC2)nnn1-c1cccc(Cl)c1. The number of nitrogens with two attached hydrogens (primary N) is 1. The molecule has 1 aliphatic rings. The molecule has 0 saturated heterocycles. The van der Waals surface area contributed by atoms with Crippen LogP contribution in [-0.2, 0) is 0 Å². The maximum Gasteiger partial charge on any atom is 0.275 e. The van der Waals surface area contributed by atoms with Gasteiger partial charge in [-0.2, -0.15) is 4.68 Å². The first-order valence-corrected chi connectivity index (χ1v) is 7.31. The van der Waals surface area contributed by atoms with Crippen molar-refractivity contribution in [2.45, 2.75) is 31.7 Å². The largest absolute Gasteiger partial charge is 0.382 e. The Labute approximate surface area is 127 Å². The van der Waals surface area contributed by atoms with Gasteiger partial charge in [-0.15, -0.1) is 5.10 Å². The normalized spacial score (nSPS) is 15.3. The van der Waals surface area contributed by atoms with E-state index < -0.39 is 0 Å². The Hall–Kier alpha value is -2.08. The minimum Gasteiger partial charge on any atom is -0.382 e. The fraction of sp³-hybridized carbons (Fsp3) is 0.357. The third-order valence-electron chi connectivity index (χ3n) is 3.66. The molecule has 0 unspecified atom stereocenters. The van der Waals surface area contributed by atoms with Gasteiger partial charge in [0.15, 0.2) is 11.5 Å². The van der Waals surface area contributed by atoms with E-state index in [1.165, 1.54) is 4.68 Å². The molecule has 0 bridgehead atoms. The van der Waals surface area contributed by atoms with Crippen LogP contribution in [0.3, 0.4) is 0 Å². The summed E-state index contributed by atoms with van der Waals surface area (Å²) in [6.45, 7) is 0. The Morgan fingerprint density at radius 2 is 2.14 bits per heavy atom. The summed E-state index contributed by atoms with van der Waals surface area (Å²) in [5, 5.41) is 11.4. The fourth-order valence-corrected chi connectivity index (χ4v) is 2.76. The molecular formula is C14H16ClN5O. The van der Waals surface area contributed by atoms with Crippen molar-refractivity contribution in [1.29, 1.82) is 0 Å². The van der Waals surface area contributed by atoms with Gasteiger partial charge >= 0.3 is 0 Å². The van der Waals surface area contributed by atoms with Crippen LogP contribution in [0.25, 0.3) is 5.69 Å². The minimum absolute atomic E-state index is 0.155. The van der Waals surface area contributed by atoms with Crippen molar-refractivity contribution in [3.63, 3.8) is 0 Å². The van der Waals surface area contributed by atoms with Crippen LogP contribution in [0.4, 0.5) is 5.82 Å². The second-order valence-electron chi connectivity index (χ2n) is 5.17. The lowest BCUT2D eigenvalue weighted by molar-refractivity contribution is 0.0933. The van der Waals surface area contributed by atoms with Crippen molar-refractivity contribution in [2.24, 2.45) is 0 Å². The van der Waals surface area contributed by atoms with Crippen LogP contribution in [-0.4, -0.2) is 26.9 Å². The minimum atomic E-state index is -0.271. The summed E-state index contributed by atoms with van der Waals surface area (Å²) in [7, 11) is 0. The predicted molar refractivity (Wildman–Crippen MR) is 80.5 cm³/mol. The van der Waals surface area contributed by atoms with E-state index in [-0.39, 0.29) is 23.5 Å². The summed E-state index contributed by atoms with van der Waals surface area (Å²) in [4.78, 5) is 12.2. The van der Waals surface area contributed by atoms with Gasteiger partial charge in [-0.1, -0.05) is 35.7 Å². The third-order valence-corrected chi connectivity index (χ3v) is 3.90. The second kappa shape index (κ2) is 5.73. The molecule has 110 valence electrons. The van der Waals surface area contributed by atoms with E-state index in [0.29, 0.717) is 10.7 Å². The molecule has 1 fully saturated rings. The van der Waals surface area contributed by atoms with Crippen molar-refractivity contribution < 1.29 is 4.79 Å². The van der Waals surface area contributed by atoms with E-state index in [4.69, 9.17) is 17.3 Å². The highest BCUT2D eigenvalue weighted by atomic mass is 35.5. The number of aromatic nitrogens is 3.